The summed E-state index contributed by atoms with van der Waals surface area (Å²) < 4.78 is 0. The van der Waals surface area contributed by atoms with Gasteiger partial charge in [-0.05, 0) is 43.1 Å². The number of nitrogens with zero attached hydrogens (tertiary/aromatic N) is 1. The minimum atomic E-state index is 0.425. The molecule has 92 valence electrons. The van der Waals surface area contributed by atoms with E-state index in [0.717, 1.165) is 19.5 Å². The third-order valence-corrected chi connectivity index (χ3v) is 4.96. The van der Waals surface area contributed by atoms with Gasteiger partial charge in [0.05, 0.1) is 0 Å². The van der Waals surface area contributed by atoms with Crippen molar-refractivity contribution in [3.8, 4) is 0 Å². The third kappa shape index (κ3) is 3.69. The molecule has 2 nitrogen and oxygen atoms in total. The summed E-state index contributed by atoms with van der Waals surface area (Å²) in [6, 6.07) is 0. The van der Waals surface area contributed by atoms with Crippen LogP contribution in [0.1, 0.15) is 44.9 Å². The summed E-state index contributed by atoms with van der Waals surface area (Å²) in [5.41, 5.74) is 0. The monoisotopic (exact) mass is 241 g/mol. The van der Waals surface area contributed by atoms with E-state index < -0.39 is 0 Å². The van der Waals surface area contributed by atoms with Crippen molar-refractivity contribution in [2.75, 3.05) is 24.6 Å². The standard InChI is InChI=1S/C13H23NOS/c15-13(10-12-6-5-9-16-11-12)14-7-3-1-2-4-8-14/h12H,1-11H2. The van der Waals surface area contributed by atoms with Crippen molar-refractivity contribution < 1.29 is 4.79 Å². The highest BCUT2D eigenvalue weighted by Gasteiger charge is 2.21. The van der Waals surface area contributed by atoms with E-state index in [0.29, 0.717) is 11.8 Å². The van der Waals surface area contributed by atoms with Crippen LogP contribution in [0.15, 0.2) is 0 Å². The Morgan fingerprint density at radius 2 is 1.88 bits per heavy atom. The van der Waals surface area contributed by atoms with Crippen molar-refractivity contribution in [1.82, 2.24) is 4.90 Å². The molecule has 2 aliphatic heterocycles. The zero-order valence-electron chi connectivity index (χ0n) is 10.1. The van der Waals surface area contributed by atoms with Crippen molar-refractivity contribution >= 4 is 17.7 Å². The molecule has 0 saturated carbocycles. The van der Waals surface area contributed by atoms with Crippen molar-refractivity contribution in [3.05, 3.63) is 0 Å². The summed E-state index contributed by atoms with van der Waals surface area (Å²) >= 11 is 2.03. The van der Waals surface area contributed by atoms with Gasteiger partial charge in [0.25, 0.3) is 0 Å². The van der Waals surface area contributed by atoms with Gasteiger partial charge in [0.15, 0.2) is 0 Å². The molecule has 1 amide bonds. The van der Waals surface area contributed by atoms with Crippen LogP contribution in [0.5, 0.6) is 0 Å². The lowest BCUT2D eigenvalue weighted by Gasteiger charge is -2.25. The number of amides is 1. The average Bonchev–Trinajstić information content (AvgIpc) is 2.59. The van der Waals surface area contributed by atoms with Crippen LogP contribution in [0.25, 0.3) is 0 Å². The van der Waals surface area contributed by atoms with Gasteiger partial charge in [-0.25, -0.2) is 0 Å². The second-order valence-corrected chi connectivity index (χ2v) is 6.23. The maximum atomic E-state index is 12.1. The lowest BCUT2D eigenvalue weighted by molar-refractivity contribution is -0.132. The van der Waals surface area contributed by atoms with Gasteiger partial charge < -0.3 is 4.90 Å². The SMILES string of the molecule is O=C(CC1CCCSC1)N1CCCCCC1. The van der Waals surface area contributed by atoms with Crippen molar-refractivity contribution in [2.45, 2.75) is 44.9 Å². The summed E-state index contributed by atoms with van der Waals surface area (Å²) in [5.74, 6) is 3.59. The predicted molar refractivity (Wildman–Crippen MR) is 69.7 cm³/mol. The summed E-state index contributed by atoms with van der Waals surface area (Å²) in [7, 11) is 0. The Kier molecular flexibility index (Phi) is 5.01. The van der Waals surface area contributed by atoms with E-state index in [-0.39, 0.29) is 0 Å². The zero-order valence-corrected chi connectivity index (χ0v) is 10.9. The lowest BCUT2D eigenvalue weighted by atomic mass is 10.0. The Hall–Kier alpha value is -0.180. The molecular weight excluding hydrogens is 218 g/mol. The van der Waals surface area contributed by atoms with Gasteiger partial charge in [0.2, 0.25) is 5.91 Å². The number of thioether (sulfide) groups is 1. The van der Waals surface area contributed by atoms with Gasteiger partial charge in [-0.15, -0.1) is 0 Å². The van der Waals surface area contributed by atoms with Crippen LogP contribution in [-0.4, -0.2) is 35.4 Å². The van der Waals surface area contributed by atoms with Crippen LogP contribution in [0.2, 0.25) is 0 Å². The normalized spacial score (nSPS) is 27.5. The van der Waals surface area contributed by atoms with E-state index in [9.17, 15) is 4.79 Å². The molecule has 0 aromatic carbocycles. The molecule has 16 heavy (non-hydrogen) atoms. The molecule has 0 aromatic heterocycles. The van der Waals surface area contributed by atoms with Gasteiger partial charge in [0.1, 0.15) is 0 Å². The fourth-order valence-corrected chi connectivity index (χ4v) is 3.82. The zero-order chi connectivity index (χ0) is 11.2. The van der Waals surface area contributed by atoms with E-state index in [1.165, 1.54) is 50.0 Å². The highest BCUT2D eigenvalue weighted by Crippen LogP contribution is 2.26. The van der Waals surface area contributed by atoms with Crippen molar-refractivity contribution in [1.29, 1.82) is 0 Å². The summed E-state index contributed by atoms with van der Waals surface area (Å²) in [5, 5.41) is 0. The van der Waals surface area contributed by atoms with Gasteiger partial charge in [-0.3, -0.25) is 4.79 Å². The maximum Gasteiger partial charge on any atom is 0.222 e. The van der Waals surface area contributed by atoms with Crippen LogP contribution in [0.3, 0.4) is 0 Å². The lowest BCUT2D eigenvalue weighted by Crippen LogP contribution is -2.33. The maximum absolute atomic E-state index is 12.1. The predicted octanol–water partition coefficient (Wildman–Crippen LogP) is 2.92. The Labute approximate surface area is 103 Å². The van der Waals surface area contributed by atoms with Gasteiger partial charge in [0, 0.05) is 19.5 Å². The molecule has 1 unspecified atom stereocenters. The summed E-state index contributed by atoms with van der Waals surface area (Å²) in [6.45, 7) is 2.03. The van der Waals surface area contributed by atoms with E-state index in [1.54, 1.807) is 0 Å². The summed E-state index contributed by atoms with van der Waals surface area (Å²) in [6.07, 6.45) is 8.44. The van der Waals surface area contributed by atoms with Crippen molar-refractivity contribution in [2.24, 2.45) is 5.92 Å². The molecule has 2 heterocycles. The molecule has 2 saturated heterocycles. The molecule has 2 aliphatic rings. The van der Waals surface area contributed by atoms with E-state index >= 15 is 0 Å². The largest absolute Gasteiger partial charge is 0.343 e. The molecule has 1 atom stereocenters. The molecule has 3 heteroatoms. The Bertz CT molecular complexity index is 218. The number of hydrogen-bond donors (Lipinski definition) is 0. The second-order valence-electron chi connectivity index (χ2n) is 5.08. The smallest absolute Gasteiger partial charge is 0.222 e. The number of rotatable bonds is 2. The fraction of sp³-hybridized carbons (Fsp3) is 0.923. The van der Waals surface area contributed by atoms with Gasteiger partial charge in [-0.1, -0.05) is 12.8 Å². The van der Waals surface area contributed by atoms with Crippen LogP contribution >= 0.6 is 11.8 Å². The number of carbonyl (C=O) groups excluding carboxylic acids is 1. The highest BCUT2D eigenvalue weighted by molar-refractivity contribution is 7.99. The third-order valence-electron chi connectivity index (χ3n) is 3.68. The molecule has 0 aliphatic carbocycles. The Morgan fingerprint density at radius 3 is 2.50 bits per heavy atom. The highest BCUT2D eigenvalue weighted by atomic mass is 32.2. The Morgan fingerprint density at radius 1 is 1.12 bits per heavy atom. The second kappa shape index (κ2) is 6.53. The fourth-order valence-electron chi connectivity index (χ4n) is 2.66. The molecule has 0 N–H and O–H groups in total. The average molecular weight is 241 g/mol. The number of carbonyl (C=O) groups is 1. The number of hydrogen-bond acceptors (Lipinski definition) is 2. The molecule has 2 rings (SSSR count). The van der Waals surface area contributed by atoms with Crippen LogP contribution in [-0.2, 0) is 4.79 Å². The topological polar surface area (TPSA) is 20.3 Å². The van der Waals surface area contributed by atoms with E-state index in [2.05, 4.69) is 4.90 Å². The van der Waals surface area contributed by atoms with Gasteiger partial charge in [-0.2, -0.15) is 11.8 Å². The van der Waals surface area contributed by atoms with Crippen LogP contribution in [0, 0.1) is 5.92 Å². The first-order chi connectivity index (χ1) is 7.86. The number of likely N-dealkylation sites (tertiary alicyclic amines) is 1. The molecule has 0 bridgehead atoms. The molecule has 0 aromatic rings. The van der Waals surface area contributed by atoms with Gasteiger partial charge >= 0.3 is 0 Å². The molecule has 0 spiro atoms. The van der Waals surface area contributed by atoms with Crippen LogP contribution in [0.4, 0.5) is 0 Å². The summed E-state index contributed by atoms with van der Waals surface area (Å²) in [4.78, 5) is 14.3. The first-order valence-corrected chi connectivity index (χ1v) is 7.87. The van der Waals surface area contributed by atoms with Crippen molar-refractivity contribution in [3.63, 3.8) is 0 Å². The Balaban J connectivity index is 1.76. The molecule has 0 radical (unpaired) electrons. The minimum absolute atomic E-state index is 0.425. The first kappa shape index (κ1) is 12.3. The van der Waals surface area contributed by atoms with E-state index in [1.807, 2.05) is 11.8 Å². The molecule has 2 fully saturated rings. The van der Waals surface area contributed by atoms with Crippen LogP contribution < -0.4 is 0 Å². The van der Waals surface area contributed by atoms with E-state index in [4.69, 9.17) is 0 Å². The first-order valence-electron chi connectivity index (χ1n) is 6.72. The molecular formula is C13H23NOS. The quantitative estimate of drug-likeness (QED) is 0.741. The minimum Gasteiger partial charge on any atom is -0.343 e.